The molecule has 0 aliphatic carbocycles. The second-order valence-electron chi connectivity index (χ2n) is 6.46. The Morgan fingerprint density at radius 2 is 2.00 bits per heavy atom. The lowest BCUT2D eigenvalue weighted by Crippen LogP contribution is -2.07. The van der Waals surface area contributed by atoms with Crippen molar-refractivity contribution < 1.29 is 9.66 Å². The van der Waals surface area contributed by atoms with Gasteiger partial charge >= 0.3 is 0 Å². The van der Waals surface area contributed by atoms with Crippen molar-refractivity contribution in [3.63, 3.8) is 0 Å². The van der Waals surface area contributed by atoms with Gasteiger partial charge in [0.05, 0.1) is 30.5 Å². The lowest BCUT2D eigenvalue weighted by molar-refractivity contribution is -0.384. The van der Waals surface area contributed by atoms with Gasteiger partial charge in [-0.05, 0) is 38.1 Å². The molecule has 3 rings (SSSR count). The first-order valence-electron chi connectivity index (χ1n) is 8.93. The van der Waals surface area contributed by atoms with E-state index in [1.807, 2.05) is 48.7 Å². The van der Waals surface area contributed by atoms with Crippen molar-refractivity contribution in [3.05, 3.63) is 86.2 Å². The Morgan fingerprint density at radius 1 is 1.24 bits per heavy atom. The first-order chi connectivity index (χ1) is 13.9. The molecule has 1 N–H and O–H groups in total. The molecule has 0 unspecified atom stereocenters. The van der Waals surface area contributed by atoms with Crippen molar-refractivity contribution in [2.45, 2.75) is 20.4 Å². The molecule has 0 aliphatic rings. The maximum atomic E-state index is 11.2. The Balaban J connectivity index is 1.80. The summed E-state index contributed by atoms with van der Waals surface area (Å²) in [5, 5.41) is 15.6. The molecule has 2 aromatic carbocycles. The monoisotopic (exact) mass is 412 g/mol. The number of rotatable bonds is 7. The molecule has 0 saturated carbocycles. The molecular formula is C21H21ClN4O3. The Labute approximate surface area is 173 Å². The summed E-state index contributed by atoms with van der Waals surface area (Å²) in [5.74, 6) is 0.803. The summed E-state index contributed by atoms with van der Waals surface area (Å²) in [4.78, 5) is 10.7. The summed E-state index contributed by atoms with van der Waals surface area (Å²) in [7, 11) is 1.64. The van der Waals surface area contributed by atoms with Crippen LogP contribution in [0.4, 0.5) is 5.69 Å². The van der Waals surface area contributed by atoms with E-state index in [0.29, 0.717) is 12.2 Å². The third-order valence-corrected chi connectivity index (χ3v) is 4.93. The van der Waals surface area contributed by atoms with E-state index in [2.05, 4.69) is 10.5 Å². The summed E-state index contributed by atoms with van der Waals surface area (Å²) in [6, 6.07) is 14.5. The molecule has 150 valence electrons. The zero-order valence-electron chi connectivity index (χ0n) is 16.3. The third-order valence-electron chi connectivity index (χ3n) is 4.61. The van der Waals surface area contributed by atoms with Crippen molar-refractivity contribution in [1.29, 1.82) is 0 Å². The minimum atomic E-state index is -0.482. The van der Waals surface area contributed by atoms with Gasteiger partial charge in [0.1, 0.15) is 10.8 Å². The van der Waals surface area contributed by atoms with E-state index in [0.717, 1.165) is 28.3 Å². The smallest absolute Gasteiger partial charge is 0.289 e. The van der Waals surface area contributed by atoms with Gasteiger partial charge in [0.2, 0.25) is 0 Å². The van der Waals surface area contributed by atoms with Crippen molar-refractivity contribution in [2.75, 3.05) is 7.11 Å². The lowest BCUT2D eigenvalue weighted by atomic mass is 10.2. The molecule has 0 saturated heterocycles. The summed E-state index contributed by atoms with van der Waals surface area (Å²) < 4.78 is 7.27. The van der Waals surface area contributed by atoms with Crippen LogP contribution in [-0.2, 0) is 6.54 Å². The Morgan fingerprint density at radius 3 is 2.72 bits per heavy atom. The Bertz CT molecular complexity index is 1080. The van der Waals surface area contributed by atoms with Gasteiger partial charge in [0.15, 0.2) is 0 Å². The number of aryl methyl sites for hydroxylation is 1. The fourth-order valence-electron chi connectivity index (χ4n) is 3.19. The van der Waals surface area contributed by atoms with E-state index in [-0.39, 0.29) is 10.7 Å². The highest BCUT2D eigenvalue weighted by atomic mass is 35.5. The van der Waals surface area contributed by atoms with E-state index in [1.165, 1.54) is 12.1 Å². The molecule has 3 aromatic rings. The van der Waals surface area contributed by atoms with Crippen LogP contribution in [0.3, 0.4) is 0 Å². The minimum Gasteiger partial charge on any atom is -0.496 e. The van der Waals surface area contributed by atoms with Crippen LogP contribution < -0.4 is 10.2 Å². The molecule has 0 fully saturated rings. The van der Waals surface area contributed by atoms with Gasteiger partial charge in [-0.25, -0.2) is 0 Å². The van der Waals surface area contributed by atoms with Gasteiger partial charge in [-0.3, -0.25) is 10.1 Å². The van der Waals surface area contributed by atoms with Crippen LogP contribution in [-0.4, -0.2) is 22.8 Å². The fraction of sp³-hybridized carbons (Fsp3) is 0.190. The average molecular weight is 413 g/mol. The molecule has 7 nitrogen and oxygen atoms in total. The first kappa shape index (κ1) is 20.4. The van der Waals surface area contributed by atoms with Gasteiger partial charge in [0, 0.05) is 28.6 Å². The second-order valence-corrected chi connectivity index (χ2v) is 6.87. The van der Waals surface area contributed by atoms with Crippen LogP contribution in [0.1, 0.15) is 22.5 Å². The molecule has 0 spiro atoms. The molecule has 0 amide bonds. The molecular weight excluding hydrogens is 392 g/mol. The quantitative estimate of drug-likeness (QED) is 0.343. The van der Waals surface area contributed by atoms with E-state index in [9.17, 15) is 10.1 Å². The van der Waals surface area contributed by atoms with Gasteiger partial charge in [-0.2, -0.15) is 5.10 Å². The molecule has 8 heteroatoms. The molecule has 1 aromatic heterocycles. The lowest BCUT2D eigenvalue weighted by Gasteiger charge is -2.10. The fourth-order valence-corrected chi connectivity index (χ4v) is 3.38. The predicted octanol–water partition coefficient (Wildman–Crippen LogP) is 4.79. The number of halogens is 1. The van der Waals surface area contributed by atoms with Crippen molar-refractivity contribution in [2.24, 2.45) is 5.10 Å². The van der Waals surface area contributed by atoms with Crippen LogP contribution in [0.15, 0.2) is 53.6 Å². The molecule has 0 bridgehead atoms. The van der Waals surface area contributed by atoms with E-state index < -0.39 is 4.92 Å². The number of benzene rings is 2. The van der Waals surface area contributed by atoms with Gasteiger partial charge in [-0.15, -0.1) is 0 Å². The van der Waals surface area contributed by atoms with E-state index in [1.54, 1.807) is 19.4 Å². The minimum absolute atomic E-state index is 0.114. The summed E-state index contributed by atoms with van der Waals surface area (Å²) in [6.45, 7) is 4.41. The summed E-state index contributed by atoms with van der Waals surface area (Å²) in [6.07, 6.45) is 1.73. The van der Waals surface area contributed by atoms with Crippen LogP contribution >= 0.6 is 11.6 Å². The van der Waals surface area contributed by atoms with Crippen LogP contribution in [0, 0.1) is 24.0 Å². The maximum Gasteiger partial charge on any atom is 0.289 e. The standard InChI is InChI=1S/C21H21ClN4O3/c1-14-10-17(13-24-23-12-16-6-4-5-7-21(16)29-3)15(2)25(14)18-8-9-19(22)20(11-18)26(27)28/h4-11,13,23H,12H2,1-3H3/b24-13-. The van der Waals surface area contributed by atoms with Crippen molar-refractivity contribution in [3.8, 4) is 11.4 Å². The normalized spacial score (nSPS) is 11.0. The highest BCUT2D eigenvalue weighted by Gasteiger charge is 2.16. The molecule has 1 heterocycles. The Kier molecular flexibility index (Phi) is 6.19. The summed E-state index contributed by atoms with van der Waals surface area (Å²) >= 11 is 5.93. The number of para-hydroxylation sites is 1. The number of hydrogen-bond donors (Lipinski definition) is 1. The first-order valence-corrected chi connectivity index (χ1v) is 9.31. The topological polar surface area (TPSA) is 81.7 Å². The SMILES string of the molecule is COc1ccccc1CN/N=C\c1cc(C)n(-c2ccc(Cl)c([N+](=O)[O-])c2)c1C. The van der Waals surface area contributed by atoms with Gasteiger partial charge in [-0.1, -0.05) is 29.8 Å². The van der Waals surface area contributed by atoms with Gasteiger partial charge in [0.25, 0.3) is 5.69 Å². The van der Waals surface area contributed by atoms with E-state index in [4.69, 9.17) is 16.3 Å². The average Bonchev–Trinajstić information content (AvgIpc) is 2.99. The number of nitrogens with zero attached hydrogens (tertiary/aromatic N) is 3. The number of nitro groups is 1. The largest absolute Gasteiger partial charge is 0.496 e. The van der Waals surface area contributed by atoms with Gasteiger partial charge < -0.3 is 14.7 Å². The molecule has 29 heavy (non-hydrogen) atoms. The number of methoxy groups -OCH3 is 1. The van der Waals surface area contributed by atoms with Crippen LogP contribution in [0.25, 0.3) is 5.69 Å². The number of aromatic nitrogens is 1. The molecule has 0 aliphatic heterocycles. The highest BCUT2D eigenvalue weighted by Crippen LogP contribution is 2.29. The number of ether oxygens (including phenoxy) is 1. The Hall–Kier alpha value is -3.32. The molecule has 0 atom stereocenters. The highest BCUT2D eigenvalue weighted by molar-refractivity contribution is 6.32. The van der Waals surface area contributed by atoms with Crippen molar-refractivity contribution in [1.82, 2.24) is 9.99 Å². The zero-order valence-corrected chi connectivity index (χ0v) is 17.1. The maximum absolute atomic E-state index is 11.2. The number of nitrogens with one attached hydrogen (secondary N) is 1. The van der Waals surface area contributed by atoms with E-state index >= 15 is 0 Å². The van der Waals surface area contributed by atoms with Crippen LogP contribution in [0.2, 0.25) is 5.02 Å². The van der Waals surface area contributed by atoms with Crippen molar-refractivity contribution >= 4 is 23.5 Å². The zero-order chi connectivity index (χ0) is 21.0. The third kappa shape index (κ3) is 4.41. The number of hydrazone groups is 1. The predicted molar refractivity (Wildman–Crippen MR) is 114 cm³/mol. The second kappa shape index (κ2) is 8.79. The summed E-state index contributed by atoms with van der Waals surface area (Å²) in [5.41, 5.74) is 7.35. The number of nitro benzene ring substituents is 1. The van der Waals surface area contributed by atoms with Crippen LogP contribution in [0.5, 0.6) is 5.75 Å². The molecule has 0 radical (unpaired) electrons. The number of hydrogen-bond acceptors (Lipinski definition) is 5.